The van der Waals surface area contributed by atoms with Gasteiger partial charge in [0.25, 0.3) is 0 Å². The van der Waals surface area contributed by atoms with Crippen molar-refractivity contribution in [3.05, 3.63) is 0 Å². The van der Waals surface area contributed by atoms with Crippen LogP contribution in [0.15, 0.2) is 5.16 Å². The maximum atomic E-state index is 10.4. The minimum atomic E-state index is -0.800. The Morgan fingerprint density at radius 3 is 2.18 bits per heavy atom. The Hall–Kier alpha value is -1.52. The molecule has 0 atom stereocenters. The molecular formula is C6H7NO4. The molecule has 60 valence electrons. The lowest BCUT2D eigenvalue weighted by Gasteiger charge is -1.86. The largest absolute Gasteiger partial charge is 0.331 e. The van der Waals surface area contributed by atoms with Crippen LogP contribution in [0.1, 0.15) is 13.8 Å². The van der Waals surface area contributed by atoms with Crippen molar-refractivity contribution in [3.8, 4) is 0 Å². The summed E-state index contributed by atoms with van der Waals surface area (Å²) in [4.78, 5) is 34.8. The molecule has 5 nitrogen and oxygen atoms in total. The highest BCUT2D eigenvalue weighted by Crippen LogP contribution is 1.76. The summed E-state index contributed by atoms with van der Waals surface area (Å²) in [6.45, 7) is 2.23. The molecule has 0 bridgehead atoms. The first-order valence-corrected chi connectivity index (χ1v) is 2.80. The summed E-state index contributed by atoms with van der Waals surface area (Å²) in [5.74, 6) is -2.09. The molecule has 0 amide bonds. The molecule has 0 saturated carbocycles. The van der Waals surface area contributed by atoms with Crippen LogP contribution < -0.4 is 0 Å². The molecule has 5 heteroatoms. The van der Waals surface area contributed by atoms with Gasteiger partial charge >= 0.3 is 5.97 Å². The van der Waals surface area contributed by atoms with E-state index < -0.39 is 17.5 Å². The molecule has 0 rings (SSSR count). The Balaban J connectivity index is 3.84. The molecule has 0 spiro atoms. The monoisotopic (exact) mass is 157 g/mol. The number of carbonyl (C=O) groups excluding carboxylic acids is 3. The van der Waals surface area contributed by atoms with Crippen molar-refractivity contribution in [2.75, 3.05) is 0 Å². The Kier molecular flexibility index (Phi) is 3.72. The van der Waals surface area contributed by atoms with Gasteiger partial charge in [0.15, 0.2) is 0 Å². The predicted octanol–water partition coefficient (Wildman–Crippen LogP) is -0.307. The van der Waals surface area contributed by atoms with Gasteiger partial charge in [-0.15, -0.1) is 0 Å². The quantitative estimate of drug-likeness (QED) is 0.244. The van der Waals surface area contributed by atoms with E-state index in [2.05, 4.69) is 9.99 Å². The van der Waals surface area contributed by atoms with Gasteiger partial charge in [0.1, 0.15) is 6.21 Å². The van der Waals surface area contributed by atoms with Crippen LogP contribution in [0, 0.1) is 0 Å². The topological polar surface area (TPSA) is 72.8 Å². The number of nitrogens with zero attached hydrogens (tertiary/aromatic N) is 1. The second-order valence-corrected chi connectivity index (χ2v) is 1.74. The van der Waals surface area contributed by atoms with E-state index in [4.69, 9.17) is 0 Å². The molecule has 0 saturated heterocycles. The second kappa shape index (κ2) is 4.32. The third-order valence-electron chi connectivity index (χ3n) is 0.698. The van der Waals surface area contributed by atoms with Crippen LogP contribution >= 0.6 is 0 Å². The SMILES string of the molecule is CC(=O)O/N=C/C(=O)C(C)=O. The highest BCUT2D eigenvalue weighted by Gasteiger charge is 2.02. The van der Waals surface area contributed by atoms with Gasteiger partial charge < -0.3 is 4.84 Å². The van der Waals surface area contributed by atoms with Crippen LogP contribution in [0.5, 0.6) is 0 Å². The zero-order chi connectivity index (χ0) is 8.85. The Bertz CT molecular complexity index is 219. The molecule has 0 aliphatic heterocycles. The van der Waals surface area contributed by atoms with Crippen molar-refractivity contribution in [2.24, 2.45) is 5.16 Å². The van der Waals surface area contributed by atoms with Crippen LogP contribution in [0.4, 0.5) is 0 Å². The van der Waals surface area contributed by atoms with Gasteiger partial charge in [-0.05, 0) is 0 Å². The summed E-state index contributed by atoms with van der Waals surface area (Å²) in [5.41, 5.74) is 0. The van der Waals surface area contributed by atoms with Crippen LogP contribution in [-0.2, 0) is 19.2 Å². The van der Waals surface area contributed by atoms with E-state index in [0.717, 1.165) is 13.8 Å². The van der Waals surface area contributed by atoms with E-state index >= 15 is 0 Å². The number of hydrogen-bond acceptors (Lipinski definition) is 5. The summed E-state index contributed by atoms with van der Waals surface area (Å²) >= 11 is 0. The van der Waals surface area contributed by atoms with Crippen molar-refractivity contribution in [1.29, 1.82) is 0 Å². The average molecular weight is 157 g/mol. The third kappa shape index (κ3) is 4.95. The smallest absolute Gasteiger partial charge is 0.318 e. The minimum absolute atomic E-state index is 0.641. The fraction of sp³-hybridized carbons (Fsp3) is 0.333. The van der Waals surface area contributed by atoms with Crippen LogP contribution in [0.25, 0.3) is 0 Å². The van der Waals surface area contributed by atoms with Gasteiger partial charge in [0.05, 0.1) is 0 Å². The molecule has 11 heavy (non-hydrogen) atoms. The molecule has 0 aromatic heterocycles. The van der Waals surface area contributed by atoms with Crippen molar-refractivity contribution >= 4 is 23.8 Å². The molecule has 0 unspecified atom stereocenters. The second-order valence-electron chi connectivity index (χ2n) is 1.74. The summed E-state index contributed by atoms with van der Waals surface area (Å²) in [6, 6.07) is 0. The maximum absolute atomic E-state index is 10.4. The zero-order valence-corrected chi connectivity index (χ0v) is 6.16. The van der Waals surface area contributed by atoms with E-state index in [1.165, 1.54) is 0 Å². The summed E-state index contributed by atoms with van der Waals surface area (Å²) < 4.78 is 0. The predicted molar refractivity (Wildman–Crippen MR) is 35.9 cm³/mol. The minimum Gasteiger partial charge on any atom is -0.318 e. The molecule has 0 heterocycles. The molecule has 0 aromatic rings. The van der Waals surface area contributed by atoms with Crippen molar-refractivity contribution in [1.82, 2.24) is 0 Å². The molecule has 0 aliphatic rings. The van der Waals surface area contributed by atoms with Gasteiger partial charge in [-0.3, -0.25) is 9.59 Å². The first-order valence-electron chi connectivity index (χ1n) is 2.80. The number of oxime groups is 1. The lowest BCUT2D eigenvalue weighted by molar-refractivity contribution is -0.141. The van der Waals surface area contributed by atoms with E-state index in [-0.39, 0.29) is 0 Å². The number of rotatable bonds is 3. The first-order chi connectivity index (χ1) is 5.04. The Morgan fingerprint density at radius 2 is 1.82 bits per heavy atom. The maximum Gasteiger partial charge on any atom is 0.331 e. The number of ketones is 2. The standard InChI is InChI=1S/C6H7NO4/c1-4(8)6(10)3-7-11-5(2)9/h3H,1-2H3/b7-3+. The zero-order valence-electron chi connectivity index (χ0n) is 6.16. The van der Waals surface area contributed by atoms with Crippen molar-refractivity contribution < 1.29 is 19.2 Å². The fourth-order valence-corrected chi connectivity index (χ4v) is 0.239. The van der Waals surface area contributed by atoms with E-state index in [1.54, 1.807) is 0 Å². The molecule has 0 radical (unpaired) electrons. The van der Waals surface area contributed by atoms with Gasteiger partial charge in [0, 0.05) is 13.8 Å². The highest BCUT2D eigenvalue weighted by molar-refractivity contribution is 6.58. The Morgan fingerprint density at radius 1 is 1.27 bits per heavy atom. The summed E-state index contributed by atoms with van der Waals surface area (Å²) in [7, 11) is 0. The van der Waals surface area contributed by atoms with Gasteiger partial charge in [-0.1, -0.05) is 5.16 Å². The summed E-state index contributed by atoms with van der Waals surface area (Å²) in [6.07, 6.45) is 0.656. The van der Waals surface area contributed by atoms with Crippen molar-refractivity contribution in [2.45, 2.75) is 13.8 Å². The first kappa shape index (κ1) is 9.48. The number of carbonyl (C=O) groups is 3. The van der Waals surface area contributed by atoms with E-state index in [9.17, 15) is 14.4 Å². The summed E-state index contributed by atoms with van der Waals surface area (Å²) in [5, 5.41) is 2.95. The molecular weight excluding hydrogens is 150 g/mol. The fourth-order valence-electron chi connectivity index (χ4n) is 0.239. The average Bonchev–Trinajstić information content (AvgIpc) is 1.86. The normalized spacial score (nSPS) is 9.64. The van der Waals surface area contributed by atoms with E-state index in [0.29, 0.717) is 6.21 Å². The lowest BCUT2D eigenvalue weighted by Crippen LogP contribution is -2.10. The number of Topliss-reactive ketones (excluding diaryl/α,β-unsaturated/α-hetero) is 2. The van der Waals surface area contributed by atoms with Crippen LogP contribution in [0.2, 0.25) is 0 Å². The molecule has 0 N–H and O–H groups in total. The van der Waals surface area contributed by atoms with Gasteiger partial charge in [-0.25, -0.2) is 4.79 Å². The lowest BCUT2D eigenvalue weighted by atomic mass is 10.3. The molecule has 0 fully saturated rings. The van der Waals surface area contributed by atoms with Crippen LogP contribution in [0.3, 0.4) is 0 Å². The van der Waals surface area contributed by atoms with Gasteiger partial charge in [0.2, 0.25) is 11.6 Å². The highest BCUT2D eigenvalue weighted by atomic mass is 16.7. The van der Waals surface area contributed by atoms with E-state index in [1.807, 2.05) is 0 Å². The van der Waals surface area contributed by atoms with Crippen molar-refractivity contribution in [3.63, 3.8) is 0 Å². The van der Waals surface area contributed by atoms with Crippen LogP contribution in [-0.4, -0.2) is 23.8 Å². The third-order valence-corrected chi connectivity index (χ3v) is 0.698. The Labute approximate surface area is 63.0 Å². The number of hydrogen-bond donors (Lipinski definition) is 0. The molecule has 0 aliphatic carbocycles. The molecule has 0 aromatic carbocycles. The van der Waals surface area contributed by atoms with Gasteiger partial charge in [-0.2, -0.15) is 0 Å².